The van der Waals surface area contributed by atoms with Crippen molar-refractivity contribution in [2.45, 2.75) is 19.0 Å². The number of aromatic nitrogens is 1. The van der Waals surface area contributed by atoms with Crippen LogP contribution in [0.2, 0.25) is 0 Å². The second kappa shape index (κ2) is 6.78. The van der Waals surface area contributed by atoms with Crippen LogP contribution in [-0.2, 0) is 16.1 Å². The average Bonchev–Trinajstić information content (AvgIpc) is 2.34. The van der Waals surface area contributed by atoms with E-state index in [-0.39, 0.29) is 12.5 Å². The zero-order valence-corrected chi connectivity index (χ0v) is 13.4. The third-order valence-electron chi connectivity index (χ3n) is 3.00. The molecule has 1 unspecified atom stereocenters. The second-order valence-electron chi connectivity index (χ2n) is 4.38. The fraction of sp³-hybridized carbons (Fsp3) is 0.500. The highest BCUT2D eigenvalue weighted by molar-refractivity contribution is 9.11. The molecule has 1 aromatic heterocycles. The highest BCUT2D eigenvalue weighted by Gasteiger charge is 2.26. The summed E-state index contributed by atoms with van der Waals surface area (Å²) >= 11 is 6.84. The maximum Gasteiger partial charge on any atom is 0.305 e. The summed E-state index contributed by atoms with van der Waals surface area (Å²) < 4.78 is 7.18. The Morgan fingerprint density at radius 1 is 1.58 bits per heavy atom. The minimum Gasteiger partial charge on any atom is -0.481 e. The van der Waals surface area contributed by atoms with E-state index in [1.165, 1.54) is 0 Å². The van der Waals surface area contributed by atoms with Gasteiger partial charge in [-0.15, -0.1) is 0 Å². The van der Waals surface area contributed by atoms with Crippen LogP contribution in [0.5, 0.6) is 0 Å². The van der Waals surface area contributed by atoms with E-state index in [9.17, 15) is 4.79 Å². The Kier molecular flexibility index (Phi) is 5.32. The number of halogens is 2. The van der Waals surface area contributed by atoms with Crippen molar-refractivity contribution in [1.29, 1.82) is 0 Å². The van der Waals surface area contributed by atoms with Crippen molar-refractivity contribution in [3.63, 3.8) is 0 Å². The number of carboxylic acid groups (broad SMARTS) is 1. The van der Waals surface area contributed by atoms with E-state index in [4.69, 9.17) is 9.84 Å². The van der Waals surface area contributed by atoms with Crippen molar-refractivity contribution in [2.24, 2.45) is 0 Å². The van der Waals surface area contributed by atoms with Crippen LogP contribution in [0.1, 0.15) is 12.1 Å². The molecule has 1 aliphatic rings. The molecule has 2 heterocycles. The number of carboxylic acids is 1. The van der Waals surface area contributed by atoms with Gasteiger partial charge in [-0.2, -0.15) is 0 Å². The maximum absolute atomic E-state index is 10.9. The SMILES string of the molecule is O=C(O)CC1COCCN1Cc1ncc(Br)cc1Br. The molecule has 1 saturated heterocycles. The van der Waals surface area contributed by atoms with Gasteiger partial charge in [-0.1, -0.05) is 0 Å². The van der Waals surface area contributed by atoms with E-state index < -0.39 is 5.97 Å². The lowest BCUT2D eigenvalue weighted by atomic mass is 10.1. The fourth-order valence-corrected chi connectivity index (χ4v) is 3.15. The van der Waals surface area contributed by atoms with Gasteiger partial charge in [-0.3, -0.25) is 14.7 Å². The Balaban J connectivity index is 2.08. The summed E-state index contributed by atoms with van der Waals surface area (Å²) in [6, 6.07) is 1.85. The molecule has 0 spiro atoms. The molecule has 1 aliphatic heterocycles. The summed E-state index contributed by atoms with van der Waals surface area (Å²) in [4.78, 5) is 17.3. The van der Waals surface area contributed by atoms with Crippen LogP contribution < -0.4 is 0 Å². The minimum atomic E-state index is -0.802. The number of hydrogen-bond acceptors (Lipinski definition) is 4. The Morgan fingerprint density at radius 2 is 2.37 bits per heavy atom. The van der Waals surface area contributed by atoms with Gasteiger partial charge in [0.05, 0.1) is 25.3 Å². The molecule has 1 N–H and O–H groups in total. The molecule has 19 heavy (non-hydrogen) atoms. The number of carbonyl (C=O) groups is 1. The van der Waals surface area contributed by atoms with Gasteiger partial charge >= 0.3 is 5.97 Å². The third-order valence-corrected chi connectivity index (χ3v) is 4.12. The first-order valence-electron chi connectivity index (χ1n) is 5.90. The third kappa shape index (κ3) is 4.24. The maximum atomic E-state index is 10.9. The van der Waals surface area contributed by atoms with Crippen LogP contribution >= 0.6 is 31.9 Å². The molecule has 2 rings (SSSR count). The van der Waals surface area contributed by atoms with Crippen LogP contribution in [0.4, 0.5) is 0 Å². The predicted molar refractivity (Wildman–Crippen MR) is 76.9 cm³/mol. The average molecular weight is 394 g/mol. The Morgan fingerprint density at radius 3 is 3.05 bits per heavy atom. The molecule has 104 valence electrons. The standard InChI is InChI=1S/C12H14Br2N2O3/c13-8-3-10(14)11(15-5-8)6-16-1-2-19-7-9(16)4-12(17)18/h3,5,9H,1-2,4,6-7H2,(H,17,18). The molecular weight excluding hydrogens is 380 g/mol. The Bertz CT molecular complexity index is 470. The van der Waals surface area contributed by atoms with E-state index in [0.29, 0.717) is 19.8 Å². The largest absolute Gasteiger partial charge is 0.481 e. The summed E-state index contributed by atoms with van der Waals surface area (Å²) in [6.07, 6.45) is 1.83. The van der Waals surface area contributed by atoms with Gasteiger partial charge in [0, 0.05) is 34.3 Å². The molecule has 0 aromatic carbocycles. The van der Waals surface area contributed by atoms with Crippen LogP contribution in [0, 0.1) is 0 Å². The van der Waals surface area contributed by atoms with E-state index in [0.717, 1.165) is 21.2 Å². The first-order chi connectivity index (χ1) is 9.06. The number of pyridine rings is 1. The summed E-state index contributed by atoms with van der Waals surface area (Å²) in [6.45, 7) is 2.43. The summed E-state index contributed by atoms with van der Waals surface area (Å²) in [5.74, 6) is -0.802. The summed E-state index contributed by atoms with van der Waals surface area (Å²) in [5, 5.41) is 8.93. The molecule has 7 heteroatoms. The smallest absolute Gasteiger partial charge is 0.305 e. The number of morpholine rings is 1. The second-order valence-corrected chi connectivity index (χ2v) is 6.15. The van der Waals surface area contributed by atoms with Crippen molar-refractivity contribution in [3.8, 4) is 0 Å². The molecule has 0 saturated carbocycles. The monoisotopic (exact) mass is 392 g/mol. The summed E-state index contributed by atoms with van der Waals surface area (Å²) in [7, 11) is 0. The van der Waals surface area contributed by atoms with Crippen molar-refractivity contribution >= 4 is 37.8 Å². The number of hydrogen-bond donors (Lipinski definition) is 1. The van der Waals surface area contributed by atoms with Crippen molar-refractivity contribution < 1.29 is 14.6 Å². The minimum absolute atomic E-state index is 0.0914. The number of ether oxygens (including phenoxy) is 1. The molecule has 0 radical (unpaired) electrons. The quantitative estimate of drug-likeness (QED) is 0.850. The Hall–Kier alpha value is -0.500. The lowest BCUT2D eigenvalue weighted by molar-refractivity contribution is -0.140. The number of aliphatic carboxylic acids is 1. The van der Waals surface area contributed by atoms with Gasteiger partial charge in [0.1, 0.15) is 0 Å². The van der Waals surface area contributed by atoms with Gasteiger partial charge in [-0.25, -0.2) is 0 Å². The molecule has 5 nitrogen and oxygen atoms in total. The normalized spacial score (nSPS) is 20.4. The molecule has 0 amide bonds. The van der Waals surface area contributed by atoms with Crippen LogP contribution in [-0.4, -0.2) is 46.8 Å². The molecule has 1 aromatic rings. The first kappa shape index (κ1) is 14.9. The van der Waals surface area contributed by atoms with Gasteiger partial charge in [-0.05, 0) is 37.9 Å². The lowest BCUT2D eigenvalue weighted by Crippen LogP contribution is -2.46. The molecular formula is C12H14Br2N2O3. The molecule has 0 bridgehead atoms. The van der Waals surface area contributed by atoms with E-state index in [2.05, 4.69) is 41.7 Å². The highest BCUT2D eigenvalue weighted by Crippen LogP contribution is 2.22. The molecule has 1 atom stereocenters. The van der Waals surface area contributed by atoms with Crippen molar-refractivity contribution in [3.05, 3.63) is 26.9 Å². The predicted octanol–water partition coefficient (Wildman–Crippen LogP) is 2.28. The van der Waals surface area contributed by atoms with Crippen LogP contribution in [0.15, 0.2) is 21.2 Å². The number of nitrogens with zero attached hydrogens (tertiary/aromatic N) is 2. The van der Waals surface area contributed by atoms with E-state index >= 15 is 0 Å². The first-order valence-corrected chi connectivity index (χ1v) is 7.48. The zero-order chi connectivity index (χ0) is 13.8. The lowest BCUT2D eigenvalue weighted by Gasteiger charge is -2.34. The molecule has 1 fully saturated rings. The van der Waals surface area contributed by atoms with Gasteiger partial charge < -0.3 is 9.84 Å². The van der Waals surface area contributed by atoms with E-state index in [1.807, 2.05) is 6.07 Å². The topological polar surface area (TPSA) is 62.7 Å². The fourth-order valence-electron chi connectivity index (χ4n) is 2.04. The Labute approximate surface area is 128 Å². The summed E-state index contributed by atoms with van der Waals surface area (Å²) in [5.41, 5.74) is 0.903. The van der Waals surface area contributed by atoms with Gasteiger partial charge in [0.25, 0.3) is 0 Å². The molecule has 0 aliphatic carbocycles. The zero-order valence-electron chi connectivity index (χ0n) is 10.2. The van der Waals surface area contributed by atoms with Gasteiger partial charge in [0.2, 0.25) is 0 Å². The van der Waals surface area contributed by atoms with Gasteiger partial charge in [0.15, 0.2) is 0 Å². The number of rotatable bonds is 4. The van der Waals surface area contributed by atoms with E-state index in [1.54, 1.807) is 6.20 Å². The highest BCUT2D eigenvalue weighted by atomic mass is 79.9. The van der Waals surface area contributed by atoms with Crippen molar-refractivity contribution in [2.75, 3.05) is 19.8 Å². The van der Waals surface area contributed by atoms with Crippen molar-refractivity contribution in [1.82, 2.24) is 9.88 Å². The van der Waals surface area contributed by atoms with Crippen LogP contribution in [0.25, 0.3) is 0 Å². The van der Waals surface area contributed by atoms with Crippen LogP contribution in [0.3, 0.4) is 0 Å².